The molecule has 0 saturated heterocycles. The zero-order valence-electron chi connectivity index (χ0n) is 13.6. The Morgan fingerprint density at radius 2 is 1.75 bits per heavy atom. The first kappa shape index (κ1) is 16.2. The monoisotopic (exact) mass is 343 g/mol. The van der Waals surface area contributed by atoms with Crippen LogP contribution in [-0.4, -0.2) is 13.7 Å². The Labute approximate surface area is 141 Å². The van der Waals surface area contributed by atoms with Crippen molar-refractivity contribution < 1.29 is 0 Å². The highest BCUT2D eigenvalue weighted by Crippen LogP contribution is 2.24. The zero-order chi connectivity index (χ0) is 17.4. The van der Waals surface area contributed by atoms with E-state index in [1.807, 2.05) is 36.6 Å². The van der Waals surface area contributed by atoms with Gasteiger partial charge in [0.2, 0.25) is 0 Å². The van der Waals surface area contributed by atoms with Gasteiger partial charge in [0.05, 0.1) is 12.2 Å². The lowest BCUT2D eigenvalue weighted by atomic mass is 10.1. The fourth-order valence-electron chi connectivity index (χ4n) is 2.64. The van der Waals surface area contributed by atoms with E-state index in [0.717, 1.165) is 32.7 Å². The summed E-state index contributed by atoms with van der Waals surface area (Å²) in [4.78, 5) is 36.1. The third kappa shape index (κ3) is 2.67. The molecule has 0 amide bonds. The summed E-state index contributed by atoms with van der Waals surface area (Å²) in [6.45, 7) is 2.16. The molecule has 0 radical (unpaired) electrons. The molecule has 0 atom stereocenters. The van der Waals surface area contributed by atoms with Crippen molar-refractivity contribution in [3.8, 4) is 11.3 Å². The third-order valence-electron chi connectivity index (χ3n) is 4.15. The quantitative estimate of drug-likeness (QED) is 0.721. The van der Waals surface area contributed by atoms with Gasteiger partial charge in [-0.3, -0.25) is 23.3 Å². The van der Waals surface area contributed by atoms with E-state index in [1.54, 1.807) is 11.6 Å². The highest BCUT2D eigenvalue weighted by molar-refractivity contribution is 7.07. The number of benzene rings is 1. The molecule has 2 aromatic heterocycles. The van der Waals surface area contributed by atoms with Crippen molar-refractivity contribution in [1.82, 2.24) is 13.7 Å². The smallest absolute Gasteiger partial charge is 0.299 e. The first-order valence-electron chi connectivity index (χ1n) is 7.40. The van der Waals surface area contributed by atoms with E-state index in [9.17, 15) is 14.4 Å². The van der Waals surface area contributed by atoms with Crippen LogP contribution in [0.1, 0.15) is 11.3 Å². The zero-order valence-corrected chi connectivity index (χ0v) is 14.5. The van der Waals surface area contributed by atoms with Crippen LogP contribution >= 0.6 is 11.3 Å². The minimum atomic E-state index is -0.404. The molecule has 3 aromatic rings. The van der Waals surface area contributed by atoms with Gasteiger partial charge >= 0.3 is 10.6 Å². The Morgan fingerprint density at radius 3 is 2.46 bits per heavy atom. The minimum Gasteiger partial charge on any atom is -0.299 e. The molecule has 24 heavy (non-hydrogen) atoms. The number of rotatable bonds is 3. The van der Waals surface area contributed by atoms with E-state index >= 15 is 0 Å². The summed E-state index contributed by atoms with van der Waals surface area (Å²) in [5, 5.41) is 1.81. The SMILES string of the molecule is Cc1ccccc1-c1csc(=O)n1Cc1cc(=O)n(C)c(=O)n1C. The second-order valence-corrected chi connectivity index (χ2v) is 6.48. The summed E-state index contributed by atoms with van der Waals surface area (Å²) in [5.74, 6) is 0. The van der Waals surface area contributed by atoms with Crippen molar-refractivity contribution >= 4 is 11.3 Å². The molecule has 0 bridgehead atoms. The lowest BCUT2D eigenvalue weighted by molar-refractivity contribution is 0.624. The second kappa shape index (κ2) is 6.09. The van der Waals surface area contributed by atoms with Crippen LogP contribution in [-0.2, 0) is 20.6 Å². The summed E-state index contributed by atoms with van der Waals surface area (Å²) in [6, 6.07) is 9.19. The Hall–Kier alpha value is -2.67. The van der Waals surface area contributed by atoms with Gasteiger partial charge in [-0.2, -0.15) is 0 Å². The van der Waals surface area contributed by atoms with Crippen LogP contribution in [0.5, 0.6) is 0 Å². The Kier molecular flexibility index (Phi) is 4.11. The van der Waals surface area contributed by atoms with Gasteiger partial charge in [0, 0.05) is 36.8 Å². The van der Waals surface area contributed by atoms with Gasteiger partial charge in [-0.1, -0.05) is 35.6 Å². The summed E-state index contributed by atoms with van der Waals surface area (Å²) >= 11 is 1.11. The van der Waals surface area contributed by atoms with Crippen LogP contribution in [0.3, 0.4) is 0 Å². The van der Waals surface area contributed by atoms with Gasteiger partial charge < -0.3 is 0 Å². The highest BCUT2D eigenvalue weighted by atomic mass is 32.1. The molecular weight excluding hydrogens is 326 g/mol. The molecule has 124 valence electrons. The number of hydrogen-bond donors (Lipinski definition) is 0. The third-order valence-corrected chi connectivity index (χ3v) is 4.91. The maximum atomic E-state index is 12.3. The fraction of sp³-hybridized carbons (Fsp3) is 0.235. The molecule has 6 nitrogen and oxygen atoms in total. The van der Waals surface area contributed by atoms with E-state index < -0.39 is 5.69 Å². The average molecular weight is 343 g/mol. The van der Waals surface area contributed by atoms with Gasteiger partial charge in [-0.15, -0.1) is 0 Å². The maximum absolute atomic E-state index is 12.3. The van der Waals surface area contributed by atoms with Gasteiger partial charge in [0.25, 0.3) is 5.56 Å². The van der Waals surface area contributed by atoms with Crippen LogP contribution in [0.4, 0.5) is 0 Å². The molecule has 2 heterocycles. The molecule has 0 N–H and O–H groups in total. The van der Waals surface area contributed by atoms with Crippen LogP contribution in [0.2, 0.25) is 0 Å². The van der Waals surface area contributed by atoms with Crippen molar-refractivity contribution in [3.05, 3.63) is 77.5 Å². The molecule has 0 unspecified atom stereocenters. The number of thiazole rings is 1. The van der Waals surface area contributed by atoms with E-state index in [0.29, 0.717) is 5.69 Å². The van der Waals surface area contributed by atoms with Crippen molar-refractivity contribution in [2.75, 3.05) is 0 Å². The molecule has 0 spiro atoms. The molecule has 1 aromatic carbocycles. The normalized spacial score (nSPS) is 11.0. The van der Waals surface area contributed by atoms with E-state index in [1.165, 1.54) is 17.7 Å². The molecular formula is C17H17N3O3S. The molecule has 0 aliphatic rings. The molecule has 3 rings (SSSR count). The lowest BCUT2D eigenvalue weighted by Crippen LogP contribution is -2.38. The van der Waals surface area contributed by atoms with Crippen LogP contribution in [0, 0.1) is 6.92 Å². The number of aromatic nitrogens is 3. The second-order valence-electron chi connectivity index (χ2n) is 5.66. The molecule has 0 aliphatic heterocycles. The van der Waals surface area contributed by atoms with E-state index in [2.05, 4.69) is 0 Å². The Bertz CT molecular complexity index is 1090. The number of hydrogen-bond acceptors (Lipinski definition) is 4. The molecule has 0 aliphatic carbocycles. The van der Waals surface area contributed by atoms with Crippen molar-refractivity contribution in [3.63, 3.8) is 0 Å². The van der Waals surface area contributed by atoms with Crippen LogP contribution in [0.15, 0.2) is 50.1 Å². The van der Waals surface area contributed by atoms with Crippen molar-refractivity contribution in [1.29, 1.82) is 0 Å². The molecule has 0 fully saturated rings. The van der Waals surface area contributed by atoms with Gasteiger partial charge in [-0.25, -0.2) is 4.79 Å². The largest absolute Gasteiger partial charge is 0.330 e. The number of nitrogens with zero attached hydrogens (tertiary/aromatic N) is 3. The Morgan fingerprint density at radius 1 is 1.04 bits per heavy atom. The first-order chi connectivity index (χ1) is 11.4. The van der Waals surface area contributed by atoms with Crippen LogP contribution < -0.4 is 16.1 Å². The fourth-order valence-corrected chi connectivity index (χ4v) is 3.40. The standard InChI is InChI=1S/C17H17N3O3S/c1-11-6-4-5-7-13(11)14-10-24-17(23)20(14)9-12-8-15(21)19(3)16(22)18(12)2/h4-8,10H,9H2,1-3H3. The van der Waals surface area contributed by atoms with E-state index in [4.69, 9.17) is 0 Å². The number of aryl methyl sites for hydroxylation is 1. The van der Waals surface area contributed by atoms with E-state index in [-0.39, 0.29) is 17.0 Å². The van der Waals surface area contributed by atoms with Gasteiger partial charge in [0.1, 0.15) is 0 Å². The Balaban J connectivity index is 2.16. The highest BCUT2D eigenvalue weighted by Gasteiger charge is 2.14. The summed E-state index contributed by atoms with van der Waals surface area (Å²) in [7, 11) is 3.03. The summed E-state index contributed by atoms with van der Waals surface area (Å²) in [5.41, 5.74) is 2.52. The first-order valence-corrected chi connectivity index (χ1v) is 8.28. The average Bonchev–Trinajstić information content (AvgIpc) is 2.92. The predicted molar refractivity (Wildman–Crippen MR) is 94.8 cm³/mol. The van der Waals surface area contributed by atoms with Gasteiger partial charge in [-0.05, 0) is 12.5 Å². The van der Waals surface area contributed by atoms with Gasteiger partial charge in [0.15, 0.2) is 0 Å². The minimum absolute atomic E-state index is 0.124. The molecule has 0 saturated carbocycles. The maximum Gasteiger partial charge on any atom is 0.330 e. The topological polar surface area (TPSA) is 66.0 Å². The van der Waals surface area contributed by atoms with Crippen molar-refractivity contribution in [2.24, 2.45) is 14.1 Å². The summed E-state index contributed by atoms with van der Waals surface area (Å²) < 4.78 is 4.04. The lowest BCUT2D eigenvalue weighted by Gasteiger charge is -2.13. The van der Waals surface area contributed by atoms with Crippen LogP contribution in [0.25, 0.3) is 11.3 Å². The predicted octanol–water partition coefficient (Wildman–Crippen LogP) is 1.33. The van der Waals surface area contributed by atoms with Crippen molar-refractivity contribution in [2.45, 2.75) is 13.5 Å². The molecule has 7 heteroatoms. The summed E-state index contributed by atoms with van der Waals surface area (Å²) in [6.07, 6.45) is 0.